The molecule has 1 saturated heterocycles. The molecule has 3 rings (SSSR count). The Balaban J connectivity index is 1.85. The van der Waals surface area contributed by atoms with Crippen LogP contribution in [0.2, 0.25) is 0 Å². The highest BCUT2D eigenvalue weighted by atomic mass is 16.6. The number of nitrogens with one attached hydrogen (secondary N) is 1. The van der Waals surface area contributed by atoms with Gasteiger partial charge in [-0.15, -0.1) is 0 Å². The van der Waals surface area contributed by atoms with Gasteiger partial charge in [-0.3, -0.25) is 0 Å². The van der Waals surface area contributed by atoms with Gasteiger partial charge in [-0.25, -0.2) is 4.79 Å². The maximum atomic E-state index is 11.5. The Morgan fingerprint density at radius 1 is 1.09 bits per heavy atom. The monoisotopic (exact) mass is 297 g/mol. The van der Waals surface area contributed by atoms with Gasteiger partial charge < -0.3 is 14.8 Å². The van der Waals surface area contributed by atoms with Gasteiger partial charge in [-0.05, 0) is 29.8 Å². The van der Waals surface area contributed by atoms with Crippen LogP contribution in [0.25, 0.3) is 0 Å². The third-order valence-corrected chi connectivity index (χ3v) is 3.79. The minimum absolute atomic E-state index is 0.104. The molecule has 0 radical (unpaired) electrons. The number of hydrogen-bond acceptors (Lipinski definition) is 3. The lowest BCUT2D eigenvalue weighted by Crippen LogP contribution is -2.46. The summed E-state index contributed by atoms with van der Waals surface area (Å²) in [7, 11) is 0. The van der Waals surface area contributed by atoms with E-state index in [2.05, 4.69) is 19.2 Å². The number of para-hydroxylation sites is 1. The van der Waals surface area contributed by atoms with E-state index in [1.54, 1.807) is 0 Å². The summed E-state index contributed by atoms with van der Waals surface area (Å²) in [6, 6.07) is 17.3. The van der Waals surface area contributed by atoms with E-state index in [4.69, 9.17) is 9.47 Å². The zero-order chi connectivity index (χ0) is 15.6. The molecule has 1 N–H and O–H groups in total. The number of ether oxygens (including phenoxy) is 2. The standard InChI is InChI=1S/C18H19NO3/c1-18(2)12-21-17(20)19-16(18)13-7-6-10-15(11-13)22-14-8-4-3-5-9-14/h3-11,16H,12H2,1-2H3,(H,19,20)/t16-/m1/s1. The average molecular weight is 297 g/mol. The Morgan fingerprint density at radius 2 is 1.82 bits per heavy atom. The highest BCUT2D eigenvalue weighted by Gasteiger charge is 2.37. The van der Waals surface area contributed by atoms with Crippen molar-refractivity contribution < 1.29 is 14.3 Å². The molecular formula is C18H19NO3. The van der Waals surface area contributed by atoms with Crippen LogP contribution in [0.3, 0.4) is 0 Å². The first kappa shape index (κ1) is 14.4. The van der Waals surface area contributed by atoms with E-state index in [0.717, 1.165) is 17.1 Å². The third kappa shape index (κ3) is 3.06. The predicted octanol–water partition coefficient (Wildman–Crippen LogP) is 4.29. The number of hydrogen-bond donors (Lipinski definition) is 1. The molecule has 1 amide bonds. The molecule has 1 heterocycles. The Morgan fingerprint density at radius 3 is 2.59 bits per heavy atom. The van der Waals surface area contributed by atoms with Crippen LogP contribution >= 0.6 is 0 Å². The number of carbonyl (C=O) groups is 1. The summed E-state index contributed by atoms with van der Waals surface area (Å²) in [5.41, 5.74) is 0.828. The van der Waals surface area contributed by atoms with E-state index in [0.29, 0.717) is 6.61 Å². The fraction of sp³-hybridized carbons (Fsp3) is 0.278. The molecule has 0 bridgehead atoms. The van der Waals surface area contributed by atoms with Gasteiger partial charge in [-0.2, -0.15) is 0 Å². The van der Waals surface area contributed by atoms with Gasteiger partial charge in [0.15, 0.2) is 0 Å². The van der Waals surface area contributed by atoms with Crippen molar-refractivity contribution >= 4 is 6.09 Å². The molecule has 4 nitrogen and oxygen atoms in total. The van der Waals surface area contributed by atoms with E-state index >= 15 is 0 Å². The lowest BCUT2D eigenvalue weighted by molar-refractivity contribution is 0.0387. The van der Waals surface area contributed by atoms with Gasteiger partial charge in [0, 0.05) is 5.41 Å². The predicted molar refractivity (Wildman–Crippen MR) is 84.0 cm³/mol. The molecular weight excluding hydrogens is 278 g/mol. The average Bonchev–Trinajstić information content (AvgIpc) is 2.51. The molecule has 22 heavy (non-hydrogen) atoms. The van der Waals surface area contributed by atoms with E-state index in [1.807, 2.05) is 54.6 Å². The summed E-state index contributed by atoms with van der Waals surface area (Å²) in [5, 5.41) is 2.90. The molecule has 0 aliphatic carbocycles. The van der Waals surface area contributed by atoms with Crippen LogP contribution in [-0.4, -0.2) is 12.7 Å². The van der Waals surface area contributed by atoms with Crippen LogP contribution < -0.4 is 10.1 Å². The highest BCUT2D eigenvalue weighted by Crippen LogP contribution is 2.37. The van der Waals surface area contributed by atoms with Crippen LogP contribution in [0.5, 0.6) is 11.5 Å². The maximum Gasteiger partial charge on any atom is 0.407 e. The molecule has 1 aliphatic heterocycles. The van der Waals surface area contributed by atoms with Gasteiger partial charge in [0.2, 0.25) is 0 Å². The first-order valence-electron chi connectivity index (χ1n) is 7.31. The van der Waals surface area contributed by atoms with Crippen molar-refractivity contribution in [1.29, 1.82) is 0 Å². The molecule has 0 aromatic heterocycles. The van der Waals surface area contributed by atoms with Gasteiger partial charge in [-0.1, -0.05) is 44.2 Å². The summed E-state index contributed by atoms with van der Waals surface area (Å²) in [6.07, 6.45) is -0.376. The Kier molecular flexibility index (Phi) is 3.75. The SMILES string of the molecule is CC1(C)COC(=O)N[C@@H]1c1cccc(Oc2ccccc2)c1. The molecule has 0 unspecified atom stereocenters. The zero-order valence-corrected chi connectivity index (χ0v) is 12.7. The zero-order valence-electron chi connectivity index (χ0n) is 12.7. The third-order valence-electron chi connectivity index (χ3n) is 3.79. The molecule has 1 atom stereocenters. The number of alkyl carbamates (subject to hydrolysis) is 1. The maximum absolute atomic E-state index is 11.5. The molecule has 1 fully saturated rings. The van der Waals surface area contributed by atoms with Crippen LogP contribution in [0.1, 0.15) is 25.5 Å². The van der Waals surface area contributed by atoms with Crippen LogP contribution in [-0.2, 0) is 4.74 Å². The number of benzene rings is 2. The molecule has 0 saturated carbocycles. The van der Waals surface area contributed by atoms with Crippen molar-refractivity contribution in [3.63, 3.8) is 0 Å². The number of carbonyl (C=O) groups excluding carboxylic acids is 1. The molecule has 1 aliphatic rings. The number of amides is 1. The fourth-order valence-electron chi connectivity index (χ4n) is 2.61. The Hall–Kier alpha value is -2.49. The Labute approximate surface area is 130 Å². The first-order chi connectivity index (χ1) is 10.5. The van der Waals surface area contributed by atoms with Gasteiger partial charge in [0.1, 0.15) is 18.1 Å². The minimum atomic E-state index is -0.376. The lowest BCUT2D eigenvalue weighted by atomic mass is 9.80. The summed E-state index contributed by atoms with van der Waals surface area (Å²) in [6.45, 7) is 4.54. The number of rotatable bonds is 3. The van der Waals surface area contributed by atoms with Crippen molar-refractivity contribution in [2.75, 3.05) is 6.61 Å². The quantitative estimate of drug-likeness (QED) is 0.919. The number of cyclic esters (lactones) is 1. The molecule has 4 heteroatoms. The van der Waals surface area contributed by atoms with E-state index in [9.17, 15) is 4.79 Å². The minimum Gasteiger partial charge on any atom is -0.457 e. The molecule has 2 aromatic rings. The van der Waals surface area contributed by atoms with Gasteiger partial charge >= 0.3 is 6.09 Å². The summed E-state index contributed by atoms with van der Waals surface area (Å²) >= 11 is 0. The fourth-order valence-corrected chi connectivity index (χ4v) is 2.61. The molecule has 0 spiro atoms. The van der Waals surface area contributed by atoms with Crippen LogP contribution in [0, 0.1) is 5.41 Å². The van der Waals surface area contributed by atoms with E-state index < -0.39 is 0 Å². The van der Waals surface area contributed by atoms with Gasteiger partial charge in [0.25, 0.3) is 0 Å². The molecule has 114 valence electrons. The van der Waals surface area contributed by atoms with Crippen LogP contribution in [0.15, 0.2) is 54.6 Å². The smallest absolute Gasteiger partial charge is 0.407 e. The second-order valence-corrected chi connectivity index (χ2v) is 6.13. The van der Waals surface area contributed by atoms with Crippen molar-refractivity contribution in [3.8, 4) is 11.5 Å². The van der Waals surface area contributed by atoms with Crippen molar-refractivity contribution in [2.45, 2.75) is 19.9 Å². The summed E-state index contributed by atoms with van der Waals surface area (Å²) in [4.78, 5) is 11.5. The summed E-state index contributed by atoms with van der Waals surface area (Å²) < 4.78 is 11.0. The van der Waals surface area contributed by atoms with Crippen molar-refractivity contribution in [1.82, 2.24) is 5.32 Å². The topological polar surface area (TPSA) is 47.6 Å². The normalized spacial score (nSPS) is 19.9. The van der Waals surface area contributed by atoms with E-state index in [-0.39, 0.29) is 17.6 Å². The second kappa shape index (κ2) is 5.72. The first-order valence-corrected chi connectivity index (χ1v) is 7.31. The lowest BCUT2D eigenvalue weighted by Gasteiger charge is -2.38. The summed E-state index contributed by atoms with van der Waals surface area (Å²) in [5.74, 6) is 1.54. The van der Waals surface area contributed by atoms with Gasteiger partial charge in [0.05, 0.1) is 6.04 Å². The van der Waals surface area contributed by atoms with Crippen LogP contribution in [0.4, 0.5) is 4.79 Å². The second-order valence-electron chi connectivity index (χ2n) is 6.13. The largest absolute Gasteiger partial charge is 0.457 e. The van der Waals surface area contributed by atoms with E-state index in [1.165, 1.54) is 0 Å². The van der Waals surface area contributed by atoms with Crippen molar-refractivity contribution in [3.05, 3.63) is 60.2 Å². The molecule has 2 aromatic carbocycles. The highest BCUT2D eigenvalue weighted by molar-refractivity contribution is 5.69. The van der Waals surface area contributed by atoms with Crippen molar-refractivity contribution in [2.24, 2.45) is 5.41 Å². The Bertz CT molecular complexity index is 667.